The number of benzene rings is 1. The zero-order valence-electron chi connectivity index (χ0n) is 14.2. The fraction of sp³-hybridized carbons (Fsp3) is 0.500. The molecule has 1 heterocycles. The molecule has 1 saturated heterocycles. The summed E-state index contributed by atoms with van der Waals surface area (Å²) in [6.07, 6.45) is -1.42. The lowest BCUT2D eigenvalue weighted by molar-refractivity contribution is -0.153. The molecule has 0 N–H and O–H groups in total. The zero-order chi connectivity index (χ0) is 18.6. The minimum absolute atomic E-state index is 0.0119. The van der Waals surface area contributed by atoms with Crippen molar-refractivity contribution < 1.29 is 23.5 Å². The second kappa shape index (κ2) is 7.40. The average molecular weight is 350 g/mol. The maximum Gasteiger partial charge on any atom is 0.414 e. The minimum Gasteiger partial charge on any atom is -0.460 e. The molecule has 0 aromatic heterocycles. The van der Waals surface area contributed by atoms with Gasteiger partial charge in [0.05, 0.1) is 25.2 Å². The minimum atomic E-state index is -0.645. The molecule has 0 spiro atoms. The quantitative estimate of drug-likeness (QED) is 0.351. The van der Waals surface area contributed by atoms with E-state index in [1.54, 1.807) is 20.8 Å². The van der Waals surface area contributed by atoms with Gasteiger partial charge in [-0.1, -0.05) is 11.2 Å². The van der Waals surface area contributed by atoms with E-state index in [-0.39, 0.29) is 25.1 Å². The van der Waals surface area contributed by atoms with Gasteiger partial charge in [0.15, 0.2) is 0 Å². The number of carbonyl (C=O) groups is 2. The number of amides is 1. The Kier molecular flexibility index (Phi) is 5.48. The number of halogens is 1. The number of esters is 1. The molecule has 0 bridgehead atoms. The Morgan fingerprint density at radius 1 is 1.52 bits per heavy atom. The predicted octanol–water partition coefficient (Wildman–Crippen LogP) is 3.35. The van der Waals surface area contributed by atoms with Crippen LogP contribution in [0.25, 0.3) is 10.4 Å². The highest BCUT2D eigenvalue weighted by Gasteiger charge is 2.32. The molecule has 1 amide bonds. The SMILES string of the molecule is CC(C)(C)OC(=O)Cc1ccc(N2C[C@H](CN=[N+]=[N-])OC2=O)cc1F. The maximum absolute atomic E-state index is 14.3. The first kappa shape index (κ1) is 18.5. The molecule has 0 radical (unpaired) electrons. The number of ether oxygens (including phenoxy) is 2. The molecular weight excluding hydrogens is 331 g/mol. The Hall–Kier alpha value is -2.80. The van der Waals surface area contributed by atoms with Crippen LogP contribution in [0, 0.1) is 5.82 Å². The second-order valence-electron chi connectivity index (χ2n) is 6.57. The third kappa shape index (κ3) is 5.09. The summed E-state index contributed by atoms with van der Waals surface area (Å²) in [7, 11) is 0. The van der Waals surface area contributed by atoms with E-state index in [9.17, 15) is 14.0 Å². The van der Waals surface area contributed by atoms with E-state index < -0.39 is 29.6 Å². The Morgan fingerprint density at radius 3 is 2.84 bits per heavy atom. The molecule has 1 aromatic rings. The van der Waals surface area contributed by atoms with Gasteiger partial charge in [0.25, 0.3) is 0 Å². The smallest absolute Gasteiger partial charge is 0.414 e. The van der Waals surface area contributed by atoms with Gasteiger partial charge in [-0.2, -0.15) is 0 Å². The normalized spacial score (nSPS) is 17.0. The van der Waals surface area contributed by atoms with Crippen molar-refractivity contribution in [2.24, 2.45) is 5.11 Å². The van der Waals surface area contributed by atoms with Gasteiger partial charge in [0.2, 0.25) is 0 Å². The van der Waals surface area contributed by atoms with Crippen molar-refractivity contribution in [3.05, 3.63) is 40.0 Å². The van der Waals surface area contributed by atoms with Crippen molar-refractivity contribution in [2.45, 2.75) is 38.9 Å². The number of carbonyl (C=O) groups excluding carboxylic acids is 2. The Labute approximate surface area is 144 Å². The summed E-state index contributed by atoms with van der Waals surface area (Å²) in [6, 6.07) is 4.12. The van der Waals surface area contributed by atoms with E-state index in [1.807, 2.05) is 0 Å². The highest BCUT2D eigenvalue weighted by molar-refractivity contribution is 5.89. The Balaban J connectivity index is 2.08. The molecule has 8 nitrogen and oxygen atoms in total. The first-order chi connectivity index (χ1) is 11.7. The average Bonchev–Trinajstić information content (AvgIpc) is 2.86. The molecule has 134 valence electrons. The highest BCUT2D eigenvalue weighted by atomic mass is 19.1. The molecule has 1 aliphatic heterocycles. The number of azide groups is 1. The second-order valence-corrected chi connectivity index (χ2v) is 6.57. The number of cyclic esters (lactones) is 1. The van der Waals surface area contributed by atoms with Crippen LogP contribution >= 0.6 is 0 Å². The topological polar surface area (TPSA) is 105 Å². The van der Waals surface area contributed by atoms with Crippen LogP contribution < -0.4 is 4.90 Å². The lowest BCUT2D eigenvalue weighted by atomic mass is 10.1. The van der Waals surface area contributed by atoms with Crippen LogP contribution in [0.3, 0.4) is 0 Å². The lowest BCUT2D eigenvalue weighted by Crippen LogP contribution is -2.26. The van der Waals surface area contributed by atoms with Crippen LogP contribution in [-0.2, 0) is 20.7 Å². The van der Waals surface area contributed by atoms with Crippen LogP contribution in [0.15, 0.2) is 23.3 Å². The van der Waals surface area contributed by atoms with Crippen LogP contribution in [0.2, 0.25) is 0 Å². The van der Waals surface area contributed by atoms with E-state index in [4.69, 9.17) is 15.0 Å². The summed E-state index contributed by atoms with van der Waals surface area (Å²) in [5.41, 5.74) is 8.14. The van der Waals surface area contributed by atoms with Crippen molar-refractivity contribution in [3.63, 3.8) is 0 Å². The van der Waals surface area contributed by atoms with E-state index in [1.165, 1.54) is 17.0 Å². The van der Waals surface area contributed by atoms with E-state index in [0.717, 1.165) is 6.07 Å². The Morgan fingerprint density at radius 2 is 2.24 bits per heavy atom. The third-order valence-corrected chi connectivity index (χ3v) is 3.33. The van der Waals surface area contributed by atoms with Gasteiger partial charge >= 0.3 is 12.1 Å². The van der Waals surface area contributed by atoms with Crippen molar-refractivity contribution in [2.75, 3.05) is 18.0 Å². The molecule has 2 rings (SSSR count). The number of hydrogen-bond donors (Lipinski definition) is 0. The largest absolute Gasteiger partial charge is 0.460 e. The van der Waals surface area contributed by atoms with Crippen molar-refractivity contribution in [1.29, 1.82) is 0 Å². The van der Waals surface area contributed by atoms with Crippen LogP contribution in [-0.4, -0.2) is 36.9 Å². The first-order valence-electron chi connectivity index (χ1n) is 7.69. The van der Waals surface area contributed by atoms with Gasteiger partial charge in [-0.15, -0.1) is 0 Å². The van der Waals surface area contributed by atoms with Crippen molar-refractivity contribution in [1.82, 2.24) is 0 Å². The van der Waals surface area contributed by atoms with E-state index in [2.05, 4.69) is 10.0 Å². The van der Waals surface area contributed by atoms with Gasteiger partial charge in [-0.25, -0.2) is 9.18 Å². The third-order valence-electron chi connectivity index (χ3n) is 3.33. The molecule has 9 heteroatoms. The standard InChI is InChI=1S/C16H19FN4O4/c1-16(2,3)25-14(22)6-10-4-5-11(7-13(10)17)21-9-12(8-19-20-18)24-15(21)23/h4-5,7,12H,6,8-9H2,1-3H3/t12-/m0/s1. The van der Waals surface area contributed by atoms with Gasteiger partial charge in [0, 0.05) is 4.91 Å². The molecule has 1 aliphatic rings. The fourth-order valence-corrected chi connectivity index (χ4v) is 2.34. The number of rotatable bonds is 5. The molecule has 1 aromatic carbocycles. The molecule has 0 aliphatic carbocycles. The molecule has 0 saturated carbocycles. The molecule has 0 unspecified atom stereocenters. The monoisotopic (exact) mass is 350 g/mol. The summed E-state index contributed by atoms with van der Waals surface area (Å²) in [4.78, 5) is 27.5. The summed E-state index contributed by atoms with van der Waals surface area (Å²) in [5, 5.41) is 3.36. The number of hydrogen-bond acceptors (Lipinski definition) is 5. The van der Waals surface area contributed by atoms with Crippen molar-refractivity contribution in [3.8, 4) is 0 Å². The van der Waals surface area contributed by atoms with Crippen LogP contribution in [0.5, 0.6) is 0 Å². The molecular formula is C16H19FN4O4. The summed E-state index contributed by atoms with van der Waals surface area (Å²) < 4.78 is 24.5. The Bertz CT molecular complexity index is 725. The first-order valence-corrected chi connectivity index (χ1v) is 7.69. The fourth-order valence-electron chi connectivity index (χ4n) is 2.34. The van der Waals surface area contributed by atoms with Gasteiger partial charge in [0.1, 0.15) is 17.5 Å². The van der Waals surface area contributed by atoms with Crippen LogP contribution in [0.4, 0.5) is 14.9 Å². The lowest BCUT2D eigenvalue weighted by Gasteiger charge is -2.20. The predicted molar refractivity (Wildman–Crippen MR) is 87.6 cm³/mol. The van der Waals surface area contributed by atoms with Gasteiger partial charge in [-0.3, -0.25) is 9.69 Å². The summed E-state index contributed by atoms with van der Waals surface area (Å²) >= 11 is 0. The van der Waals surface area contributed by atoms with E-state index in [0.29, 0.717) is 5.69 Å². The van der Waals surface area contributed by atoms with Gasteiger partial charge < -0.3 is 9.47 Å². The number of nitrogens with zero attached hydrogens (tertiary/aromatic N) is 4. The van der Waals surface area contributed by atoms with E-state index >= 15 is 0 Å². The molecule has 1 atom stereocenters. The van der Waals surface area contributed by atoms with Crippen molar-refractivity contribution >= 4 is 17.7 Å². The highest BCUT2D eigenvalue weighted by Crippen LogP contribution is 2.24. The molecule has 25 heavy (non-hydrogen) atoms. The summed E-state index contributed by atoms with van der Waals surface area (Å²) in [6.45, 7) is 5.36. The van der Waals surface area contributed by atoms with Gasteiger partial charge in [-0.05, 0) is 44.0 Å². The summed E-state index contributed by atoms with van der Waals surface area (Å²) in [5.74, 6) is -1.15. The van der Waals surface area contributed by atoms with Crippen LogP contribution in [0.1, 0.15) is 26.3 Å². The number of anilines is 1. The molecule has 1 fully saturated rings. The zero-order valence-corrected chi connectivity index (χ0v) is 14.2. The maximum atomic E-state index is 14.3.